The molecule has 2 fully saturated rings. The van der Waals surface area contributed by atoms with Crippen molar-refractivity contribution >= 4 is 11.8 Å². The van der Waals surface area contributed by atoms with E-state index in [1.54, 1.807) is 4.90 Å². The molecule has 0 bridgehead atoms. The number of nitrogens with one attached hydrogen (secondary N) is 2. The molecule has 0 aliphatic carbocycles. The second-order valence-corrected chi connectivity index (χ2v) is 4.86. The lowest BCUT2D eigenvalue weighted by molar-refractivity contribution is -0.133. The molecule has 2 N–H and O–H groups in total. The number of rotatable bonds is 3. The van der Waals surface area contributed by atoms with E-state index in [9.17, 15) is 9.59 Å². The molecule has 0 spiro atoms. The Labute approximate surface area is 102 Å². The van der Waals surface area contributed by atoms with Crippen molar-refractivity contribution < 1.29 is 9.59 Å². The molecule has 5 nitrogen and oxygen atoms in total. The Morgan fingerprint density at radius 1 is 1.35 bits per heavy atom. The van der Waals surface area contributed by atoms with Crippen molar-refractivity contribution in [1.29, 1.82) is 0 Å². The molecule has 2 aliphatic rings. The van der Waals surface area contributed by atoms with Crippen LogP contribution < -0.4 is 10.6 Å². The van der Waals surface area contributed by atoms with E-state index in [1.165, 1.54) is 0 Å². The average molecular weight is 239 g/mol. The van der Waals surface area contributed by atoms with Gasteiger partial charge in [-0.2, -0.15) is 0 Å². The SMILES string of the molecule is O=C(CN1CCCC1=O)NC1CCCNCC1. The first-order valence-corrected chi connectivity index (χ1v) is 6.53. The lowest BCUT2D eigenvalue weighted by atomic mass is 10.1. The number of amides is 2. The summed E-state index contributed by atoms with van der Waals surface area (Å²) in [6.45, 7) is 2.98. The number of nitrogens with zero attached hydrogens (tertiary/aromatic N) is 1. The smallest absolute Gasteiger partial charge is 0.239 e. The molecular formula is C12H21N3O2. The molecule has 0 aromatic carbocycles. The van der Waals surface area contributed by atoms with Gasteiger partial charge >= 0.3 is 0 Å². The van der Waals surface area contributed by atoms with Crippen LogP contribution in [0.3, 0.4) is 0 Å². The first kappa shape index (κ1) is 12.4. The first-order chi connectivity index (χ1) is 8.25. The van der Waals surface area contributed by atoms with Crippen LogP contribution in [0.5, 0.6) is 0 Å². The van der Waals surface area contributed by atoms with Crippen LogP contribution in [-0.4, -0.2) is 48.9 Å². The highest BCUT2D eigenvalue weighted by atomic mass is 16.2. The minimum atomic E-state index is -0.00727. The summed E-state index contributed by atoms with van der Waals surface area (Å²) in [5.41, 5.74) is 0. The van der Waals surface area contributed by atoms with Crippen LogP contribution in [0.4, 0.5) is 0 Å². The highest BCUT2D eigenvalue weighted by Gasteiger charge is 2.23. The minimum absolute atomic E-state index is 0.00727. The Morgan fingerprint density at radius 2 is 2.24 bits per heavy atom. The second-order valence-electron chi connectivity index (χ2n) is 4.86. The largest absolute Gasteiger partial charge is 0.352 e. The van der Waals surface area contributed by atoms with E-state index in [1.807, 2.05) is 0 Å². The summed E-state index contributed by atoms with van der Waals surface area (Å²) in [6.07, 6.45) is 4.61. The van der Waals surface area contributed by atoms with E-state index in [-0.39, 0.29) is 24.4 Å². The Balaban J connectivity index is 1.74. The van der Waals surface area contributed by atoms with E-state index < -0.39 is 0 Å². The summed E-state index contributed by atoms with van der Waals surface area (Å²) in [6, 6.07) is 0.273. The standard InChI is InChI=1S/C12H21N3O2/c16-11(9-15-8-2-4-12(15)17)14-10-3-1-6-13-7-5-10/h10,13H,1-9H2,(H,14,16). The Kier molecular flexibility index (Phi) is 4.36. The van der Waals surface area contributed by atoms with Gasteiger partial charge in [-0.15, -0.1) is 0 Å². The van der Waals surface area contributed by atoms with Crippen LogP contribution in [0.1, 0.15) is 32.1 Å². The van der Waals surface area contributed by atoms with Gasteiger partial charge in [0.25, 0.3) is 0 Å². The molecule has 2 rings (SSSR count). The predicted molar refractivity (Wildman–Crippen MR) is 64.5 cm³/mol. The van der Waals surface area contributed by atoms with Gasteiger partial charge in [-0.25, -0.2) is 0 Å². The third-order valence-corrected chi connectivity index (χ3v) is 3.45. The Hall–Kier alpha value is -1.10. The third kappa shape index (κ3) is 3.70. The molecule has 2 saturated heterocycles. The van der Waals surface area contributed by atoms with Gasteiger partial charge in [0.15, 0.2) is 0 Å². The maximum absolute atomic E-state index is 11.8. The topological polar surface area (TPSA) is 61.4 Å². The van der Waals surface area contributed by atoms with Crippen LogP contribution in [0, 0.1) is 0 Å². The van der Waals surface area contributed by atoms with Crippen molar-refractivity contribution in [1.82, 2.24) is 15.5 Å². The molecule has 2 aliphatic heterocycles. The lowest BCUT2D eigenvalue weighted by Gasteiger charge is -2.19. The van der Waals surface area contributed by atoms with Gasteiger partial charge in [-0.3, -0.25) is 9.59 Å². The van der Waals surface area contributed by atoms with Gasteiger partial charge < -0.3 is 15.5 Å². The normalized spacial score (nSPS) is 25.8. The van der Waals surface area contributed by atoms with E-state index in [0.717, 1.165) is 45.3 Å². The maximum Gasteiger partial charge on any atom is 0.239 e. The molecular weight excluding hydrogens is 218 g/mol. The summed E-state index contributed by atoms with van der Waals surface area (Å²) in [5, 5.41) is 6.35. The van der Waals surface area contributed by atoms with Gasteiger partial charge in [-0.1, -0.05) is 0 Å². The monoisotopic (exact) mass is 239 g/mol. The lowest BCUT2D eigenvalue weighted by Crippen LogP contribution is -2.42. The minimum Gasteiger partial charge on any atom is -0.352 e. The number of likely N-dealkylation sites (tertiary alicyclic amines) is 1. The van der Waals surface area contributed by atoms with Crippen LogP contribution in [-0.2, 0) is 9.59 Å². The molecule has 96 valence electrons. The molecule has 17 heavy (non-hydrogen) atoms. The van der Waals surface area contributed by atoms with E-state index >= 15 is 0 Å². The number of carbonyl (C=O) groups excluding carboxylic acids is 2. The molecule has 5 heteroatoms. The van der Waals surface area contributed by atoms with Crippen LogP contribution in [0.25, 0.3) is 0 Å². The van der Waals surface area contributed by atoms with Crippen molar-refractivity contribution in [3.63, 3.8) is 0 Å². The van der Waals surface area contributed by atoms with E-state index in [0.29, 0.717) is 6.42 Å². The zero-order valence-electron chi connectivity index (χ0n) is 10.2. The number of hydrogen-bond acceptors (Lipinski definition) is 3. The van der Waals surface area contributed by atoms with Crippen molar-refractivity contribution in [3.8, 4) is 0 Å². The molecule has 2 amide bonds. The van der Waals surface area contributed by atoms with Crippen molar-refractivity contribution in [2.75, 3.05) is 26.2 Å². The molecule has 2 heterocycles. The molecule has 0 radical (unpaired) electrons. The van der Waals surface area contributed by atoms with Crippen molar-refractivity contribution in [2.45, 2.75) is 38.1 Å². The Bertz CT molecular complexity index is 285. The Morgan fingerprint density at radius 3 is 3.00 bits per heavy atom. The van der Waals surface area contributed by atoms with Crippen molar-refractivity contribution in [2.24, 2.45) is 0 Å². The molecule has 1 unspecified atom stereocenters. The maximum atomic E-state index is 11.8. The van der Waals surface area contributed by atoms with Gasteiger partial charge in [0.05, 0.1) is 6.54 Å². The quantitative estimate of drug-likeness (QED) is 0.721. The molecule has 1 atom stereocenters. The average Bonchev–Trinajstić information content (AvgIpc) is 2.55. The highest BCUT2D eigenvalue weighted by Crippen LogP contribution is 2.09. The molecule has 0 aromatic heterocycles. The predicted octanol–water partition coefficient (Wildman–Crippen LogP) is -0.133. The van der Waals surface area contributed by atoms with Gasteiger partial charge in [0.1, 0.15) is 0 Å². The summed E-state index contributed by atoms with van der Waals surface area (Å²) < 4.78 is 0. The fourth-order valence-corrected chi connectivity index (χ4v) is 2.48. The first-order valence-electron chi connectivity index (χ1n) is 6.53. The van der Waals surface area contributed by atoms with Crippen LogP contribution >= 0.6 is 0 Å². The van der Waals surface area contributed by atoms with Gasteiger partial charge in [0, 0.05) is 19.0 Å². The number of carbonyl (C=O) groups is 2. The van der Waals surface area contributed by atoms with Crippen LogP contribution in [0.15, 0.2) is 0 Å². The summed E-state index contributed by atoms with van der Waals surface area (Å²) in [4.78, 5) is 24.8. The van der Waals surface area contributed by atoms with Gasteiger partial charge in [-0.05, 0) is 38.8 Å². The van der Waals surface area contributed by atoms with Gasteiger partial charge in [0.2, 0.25) is 11.8 Å². The summed E-state index contributed by atoms with van der Waals surface area (Å²) in [7, 11) is 0. The van der Waals surface area contributed by atoms with Crippen molar-refractivity contribution in [3.05, 3.63) is 0 Å². The zero-order chi connectivity index (χ0) is 12.1. The molecule has 0 aromatic rings. The van der Waals surface area contributed by atoms with E-state index in [2.05, 4.69) is 10.6 Å². The fraction of sp³-hybridized carbons (Fsp3) is 0.833. The van der Waals surface area contributed by atoms with E-state index in [4.69, 9.17) is 0 Å². The molecule has 0 saturated carbocycles. The fourth-order valence-electron chi connectivity index (χ4n) is 2.48. The highest BCUT2D eigenvalue weighted by molar-refractivity contribution is 5.85. The number of hydrogen-bond donors (Lipinski definition) is 2. The zero-order valence-corrected chi connectivity index (χ0v) is 10.2. The second kappa shape index (κ2) is 6.00. The summed E-state index contributed by atoms with van der Waals surface area (Å²) in [5.74, 6) is 0.106. The van der Waals surface area contributed by atoms with Crippen LogP contribution in [0.2, 0.25) is 0 Å². The summed E-state index contributed by atoms with van der Waals surface area (Å²) >= 11 is 0. The third-order valence-electron chi connectivity index (χ3n) is 3.45.